The van der Waals surface area contributed by atoms with Gasteiger partial charge < -0.3 is 10.6 Å². The minimum absolute atomic E-state index is 0.628. The van der Waals surface area contributed by atoms with Crippen molar-refractivity contribution in [2.45, 2.75) is 6.54 Å². The van der Waals surface area contributed by atoms with Crippen LogP contribution in [0, 0.1) is 0 Å². The predicted octanol–water partition coefficient (Wildman–Crippen LogP) is 4.85. The third-order valence-electron chi connectivity index (χ3n) is 2.82. The van der Waals surface area contributed by atoms with Crippen LogP contribution in [0.2, 0.25) is 15.1 Å². The molecule has 0 aromatic heterocycles. The molecule has 0 unspecified atom stereocenters. The molecule has 2 N–H and O–H groups in total. The molecule has 0 saturated heterocycles. The summed E-state index contributed by atoms with van der Waals surface area (Å²) in [6.07, 6.45) is 0. The smallest absolute Gasteiger partial charge is 0.0652 e. The topological polar surface area (TPSA) is 24.1 Å². The van der Waals surface area contributed by atoms with Crippen LogP contribution in [0.5, 0.6) is 0 Å². The number of halogens is 3. The normalized spacial score (nSPS) is 10.6. The van der Waals surface area contributed by atoms with Gasteiger partial charge in [-0.05, 0) is 29.8 Å². The van der Waals surface area contributed by atoms with Crippen molar-refractivity contribution in [2.75, 3.05) is 18.4 Å². The zero-order valence-electron chi connectivity index (χ0n) is 10.8. The quantitative estimate of drug-likeness (QED) is 0.740. The first-order valence-corrected chi connectivity index (χ1v) is 7.43. The van der Waals surface area contributed by atoms with E-state index in [2.05, 4.69) is 10.6 Å². The van der Waals surface area contributed by atoms with Gasteiger partial charge in [0, 0.05) is 29.7 Å². The molecule has 0 spiro atoms. The van der Waals surface area contributed by atoms with E-state index in [-0.39, 0.29) is 0 Å². The van der Waals surface area contributed by atoms with Crippen molar-refractivity contribution in [1.82, 2.24) is 5.32 Å². The maximum atomic E-state index is 6.08. The van der Waals surface area contributed by atoms with Crippen LogP contribution >= 0.6 is 34.8 Å². The van der Waals surface area contributed by atoms with Crippen molar-refractivity contribution in [2.24, 2.45) is 0 Å². The molecule has 0 saturated carbocycles. The molecule has 0 aliphatic carbocycles. The van der Waals surface area contributed by atoms with Crippen LogP contribution in [0.3, 0.4) is 0 Å². The maximum absolute atomic E-state index is 6.08. The Balaban J connectivity index is 1.73. The van der Waals surface area contributed by atoms with Gasteiger partial charge in [-0.1, -0.05) is 53.0 Å². The van der Waals surface area contributed by atoms with Crippen molar-refractivity contribution in [3.8, 4) is 0 Å². The summed E-state index contributed by atoms with van der Waals surface area (Å²) < 4.78 is 0. The average molecular weight is 330 g/mol. The number of hydrogen-bond acceptors (Lipinski definition) is 2. The number of benzene rings is 2. The maximum Gasteiger partial charge on any atom is 0.0652 e. The van der Waals surface area contributed by atoms with E-state index < -0.39 is 0 Å². The Morgan fingerprint density at radius 2 is 1.65 bits per heavy atom. The molecule has 2 rings (SSSR count). The van der Waals surface area contributed by atoms with Crippen molar-refractivity contribution in [3.05, 3.63) is 63.1 Å². The number of hydrogen-bond donors (Lipinski definition) is 2. The molecule has 0 bridgehead atoms. The number of nitrogens with one attached hydrogen (secondary N) is 2. The van der Waals surface area contributed by atoms with E-state index in [0.717, 1.165) is 35.9 Å². The van der Waals surface area contributed by atoms with Gasteiger partial charge in [0.05, 0.1) is 10.7 Å². The van der Waals surface area contributed by atoms with E-state index in [1.54, 1.807) is 6.07 Å². The lowest BCUT2D eigenvalue weighted by Crippen LogP contribution is -2.22. The Morgan fingerprint density at radius 3 is 2.40 bits per heavy atom. The van der Waals surface area contributed by atoms with Crippen LogP contribution in [0.1, 0.15) is 5.56 Å². The van der Waals surface area contributed by atoms with Gasteiger partial charge in [-0.15, -0.1) is 0 Å². The first-order chi connectivity index (χ1) is 9.66. The summed E-state index contributed by atoms with van der Waals surface area (Å²) >= 11 is 18.0. The second kappa shape index (κ2) is 7.75. The summed E-state index contributed by atoms with van der Waals surface area (Å²) in [4.78, 5) is 0. The lowest BCUT2D eigenvalue weighted by atomic mass is 10.2. The molecular weight excluding hydrogens is 315 g/mol. The summed E-state index contributed by atoms with van der Waals surface area (Å²) in [6, 6.07) is 13.2. The van der Waals surface area contributed by atoms with Crippen LogP contribution < -0.4 is 10.6 Å². The Morgan fingerprint density at radius 1 is 0.850 bits per heavy atom. The molecule has 2 aromatic rings. The first-order valence-electron chi connectivity index (χ1n) is 6.30. The van der Waals surface area contributed by atoms with Gasteiger partial charge in [0.2, 0.25) is 0 Å². The Kier molecular flexibility index (Phi) is 5.99. The third-order valence-corrected chi connectivity index (χ3v) is 3.74. The highest BCUT2D eigenvalue weighted by Gasteiger charge is 2.01. The first kappa shape index (κ1) is 15.5. The standard InChI is InChI=1S/C15H15Cl3N2/c16-12-5-6-15(14(18)9-12)20-8-7-19-10-11-3-1-2-4-13(11)17/h1-6,9,19-20H,7-8,10H2. The van der Waals surface area contributed by atoms with Gasteiger partial charge in [0.15, 0.2) is 0 Å². The molecule has 5 heteroatoms. The van der Waals surface area contributed by atoms with Crippen molar-refractivity contribution >= 4 is 40.5 Å². The monoisotopic (exact) mass is 328 g/mol. The number of rotatable bonds is 6. The van der Waals surface area contributed by atoms with Crippen molar-refractivity contribution in [3.63, 3.8) is 0 Å². The largest absolute Gasteiger partial charge is 0.383 e. The SMILES string of the molecule is Clc1ccc(NCCNCc2ccccc2Cl)c(Cl)c1. The minimum atomic E-state index is 0.628. The molecule has 0 aliphatic rings. The molecule has 2 nitrogen and oxygen atoms in total. The Bertz CT molecular complexity index is 573. The van der Waals surface area contributed by atoms with Gasteiger partial charge in [0.1, 0.15) is 0 Å². The van der Waals surface area contributed by atoms with E-state index >= 15 is 0 Å². The van der Waals surface area contributed by atoms with E-state index in [1.807, 2.05) is 36.4 Å². The molecule has 0 aliphatic heterocycles. The summed E-state index contributed by atoms with van der Waals surface area (Å²) in [7, 11) is 0. The van der Waals surface area contributed by atoms with Gasteiger partial charge >= 0.3 is 0 Å². The molecule has 0 radical (unpaired) electrons. The zero-order chi connectivity index (χ0) is 14.4. The van der Waals surface area contributed by atoms with Gasteiger partial charge in [0.25, 0.3) is 0 Å². The Labute approximate surface area is 134 Å². The van der Waals surface area contributed by atoms with Crippen LogP contribution in [0.4, 0.5) is 5.69 Å². The van der Waals surface area contributed by atoms with Crippen LogP contribution in [0.15, 0.2) is 42.5 Å². The Hall–Kier alpha value is -0.930. The molecule has 0 atom stereocenters. The van der Waals surface area contributed by atoms with Crippen molar-refractivity contribution < 1.29 is 0 Å². The van der Waals surface area contributed by atoms with E-state index in [1.165, 1.54) is 0 Å². The fraction of sp³-hybridized carbons (Fsp3) is 0.200. The molecule has 0 amide bonds. The third kappa shape index (κ3) is 4.57. The van der Waals surface area contributed by atoms with Gasteiger partial charge in [-0.2, -0.15) is 0 Å². The molecule has 0 fully saturated rings. The summed E-state index contributed by atoms with van der Waals surface area (Å²) in [6.45, 7) is 2.33. The molecular formula is C15H15Cl3N2. The van der Waals surface area contributed by atoms with Gasteiger partial charge in [-0.25, -0.2) is 0 Å². The highest BCUT2D eigenvalue weighted by molar-refractivity contribution is 6.36. The van der Waals surface area contributed by atoms with Crippen molar-refractivity contribution in [1.29, 1.82) is 0 Å². The highest BCUT2D eigenvalue weighted by Crippen LogP contribution is 2.24. The highest BCUT2D eigenvalue weighted by atomic mass is 35.5. The second-order valence-corrected chi connectivity index (χ2v) is 5.57. The summed E-state index contributed by atoms with van der Waals surface area (Å²) in [5, 5.41) is 8.63. The predicted molar refractivity (Wildman–Crippen MR) is 88.1 cm³/mol. The average Bonchev–Trinajstić information content (AvgIpc) is 2.42. The molecule has 0 heterocycles. The molecule has 106 valence electrons. The zero-order valence-corrected chi connectivity index (χ0v) is 13.1. The molecule has 20 heavy (non-hydrogen) atoms. The summed E-state index contributed by atoms with van der Waals surface area (Å²) in [5.41, 5.74) is 1.98. The lowest BCUT2D eigenvalue weighted by molar-refractivity contribution is 0.707. The number of anilines is 1. The van der Waals surface area contributed by atoms with E-state index in [4.69, 9.17) is 34.8 Å². The fourth-order valence-electron chi connectivity index (χ4n) is 1.78. The fourth-order valence-corrected chi connectivity index (χ4v) is 2.46. The van der Waals surface area contributed by atoms with Crippen LogP contribution in [0.25, 0.3) is 0 Å². The second-order valence-electron chi connectivity index (χ2n) is 4.32. The summed E-state index contributed by atoms with van der Waals surface area (Å²) in [5.74, 6) is 0. The van der Waals surface area contributed by atoms with Crippen LogP contribution in [-0.4, -0.2) is 13.1 Å². The van der Waals surface area contributed by atoms with E-state index in [9.17, 15) is 0 Å². The molecule has 2 aromatic carbocycles. The van der Waals surface area contributed by atoms with Gasteiger partial charge in [-0.3, -0.25) is 0 Å². The van der Waals surface area contributed by atoms with E-state index in [0.29, 0.717) is 10.0 Å². The minimum Gasteiger partial charge on any atom is -0.383 e. The van der Waals surface area contributed by atoms with Crippen LogP contribution in [-0.2, 0) is 6.54 Å². The lowest BCUT2D eigenvalue weighted by Gasteiger charge is -2.10.